The monoisotopic (exact) mass is 263 g/mol. The van der Waals surface area contributed by atoms with Crippen LogP contribution in [0.25, 0.3) is 0 Å². The van der Waals surface area contributed by atoms with Gasteiger partial charge in [-0.2, -0.15) is 5.10 Å². The predicted octanol–water partition coefficient (Wildman–Crippen LogP) is 3.19. The molecule has 0 radical (unpaired) electrons. The molecule has 0 aliphatic carbocycles. The lowest BCUT2D eigenvalue weighted by Crippen LogP contribution is -2.14. The lowest BCUT2D eigenvalue weighted by Gasteiger charge is -2.07. The second kappa shape index (κ2) is 5.23. The Labute approximate surface area is 110 Å². The first-order valence-electron chi connectivity index (χ1n) is 5.71. The number of hydrogen-bond acceptors (Lipinski definition) is 2. The van der Waals surface area contributed by atoms with Gasteiger partial charge in [-0.25, -0.2) is 0 Å². The van der Waals surface area contributed by atoms with Crippen molar-refractivity contribution >= 4 is 23.3 Å². The first-order chi connectivity index (χ1) is 8.61. The fraction of sp³-hybridized carbons (Fsp3) is 0.231. The van der Waals surface area contributed by atoms with Gasteiger partial charge in [0.15, 0.2) is 0 Å². The van der Waals surface area contributed by atoms with Crippen molar-refractivity contribution in [1.29, 1.82) is 0 Å². The Bertz CT molecular complexity index is 577. The van der Waals surface area contributed by atoms with E-state index in [0.717, 1.165) is 17.5 Å². The summed E-state index contributed by atoms with van der Waals surface area (Å²) in [5.74, 6) is 0.454. The first-order valence-corrected chi connectivity index (χ1v) is 6.09. The number of aromatic amines is 1. The van der Waals surface area contributed by atoms with Gasteiger partial charge in [-0.05, 0) is 31.0 Å². The van der Waals surface area contributed by atoms with Crippen LogP contribution in [0.4, 0.5) is 5.82 Å². The van der Waals surface area contributed by atoms with Crippen LogP contribution in [-0.4, -0.2) is 16.1 Å². The van der Waals surface area contributed by atoms with Crippen LogP contribution < -0.4 is 5.32 Å². The molecular formula is C13H14ClN3O. The maximum atomic E-state index is 12.1. The van der Waals surface area contributed by atoms with E-state index < -0.39 is 0 Å². The lowest BCUT2D eigenvalue weighted by molar-refractivity contribution is 0.102. The fourth-order valence-electron chi connectivity index (χ4n) is 1.71. The SMILES string of the molecule is CCc1cn[nH]c1NC(=O)c1cc(Cl)ccc1C. The summed E-state index contributed by atoms with van der Waals surface area (Å²) in [6.45, 7) is 3.88. The molecular weight excluding hydrogens is 250 g/mol. The molecule has 0 aliphatic heterocycles. The van der Waals surface area contributed by atoms with Gasteiger partial charge in [-0.3, -0.25) is 9.89 Å². The molecule has 0 unspecified atom stereocenters. The minimum Gasteiger partial charge on any atom is -0.307 e. The number of aryl methyl sites for hydroxylation is 2. The van der Waals surface area contributed by atoms with Crippen molar-refractivity contribution in [2.75, 3.05) is 5.32 Å². The second-order valence-corrected chi connectivity index (χ2v) is 4.47. The molecule has 1 aromatic heterocycles. The molecule has 2 N–H and O–H groups in total. The minimum atomic E-state index is -0.186. The molecule has 0 atom stereocenters. The van der Waals surface area contributed by atoms with Gasteiger partial charge in [0.25, 0.3) is 5.91 Å². The Balaban J connectivity index is 2.25. The smallest absolute Gasteiger partial charge is 0.257 e. The third kappa shape index (κ3) is 2.54. The van der Waals surface area contributed by atoms with E-state index in [1.165, 1.54) is 0 Å². The zero-order valence-electron chi connectivity index (χ0n) is 10.2. The zero-order chi connectivity index (χ0) is 13.1. The number of hydrogen-bond donors (Lipinski definition) is 2. The number of H-pyrrole nitrogens is 1. The molecule has 1 amide bonds. The van der Waals surface area contributed by atoms with E-state index in [9.17, 15) is 4.79 Å². The topological polar surface area (TPSA) is 57.8 Å². The molecule has 0 bridgehead atoms. The quantitative estimate of drug-likeness (QED) is 0.894. The highest BCUT2D eigenvalue weighted by molar-refractivity contribution is 6.31. The highest BCUT2D eigenvalue weighted by atomic mass is 35.5. The number of carbonyl (C=O) groups is 1. The van der Waals surface area contributed by atoms with E-state index in [-0.39, 0.29) is 5.91 Å². The molecule has 4 nitrogen and oxygen atoms in total. The minimum absolute atomic E-state index is 0.186. The van der Waals surface area contributed by atoms with Crippen molar-refractivity contribution < 1.29 is 4.79 Å². The van der Waals surface area contributed by atoms with Crippen LogP contribution in [-0.2, 0) is 6.42 Å². The summed E-state index contributed by atoms with van der Waals surface area (Å²) in [5.41, 5.74) is 2.43. The van der Waals surface area contributed by atoms with E-state index in [1.807, 2.05) is 19.9 Å². The van der Waals surface area contributed by atoms with Crippen molar-refractivity contribution in [3.63, 3.8) is 0 Å². The van der Waals surface area contributed by atoms with E-state index in [4.69, 9.17) is 11.6 Å². The Morgan fingerprint density at radius 2 is 2.28 bits per heavy atom. The van der Waals surface area contributed by atoms with Gasteiger partial charge in [-0.1, -0.05) is 24.6 Å². The normalized spacial score (nSPS) is 10.4. The average molecular weight is 264 g/mol. The summed E-state index contributed by atoms with van der Waals surface area (Å²) in [5, 5.41) is 10.0. The number of nitrogens with zero attached hydrogens (tertiary/aromatic N) is 1. The van der Waals surface area contributed by atoms with Crippen LogP contribution in [0.1, 0.15) is 28.4 Å². The van der Waals surface area contributed by atoms with Crippen molar-refractivity contribution in [3.8, 4) is 0 Å². The molecule has 0 aliphatic rings. The van der Waals surface area contributed by atoms with Gasteiger partial charge >= 0.3 is 0 Å². The lowest BCUT2D eigenvalue weighted by atomic mass is 10.1. The standard InChI is InChI=1S/C13H14ClN3O/c1-3-9-7-15-17-12(9)16-13(18)11-6-10(14)5-4-8(11)2/h4-7H,3H2,1-2H3,(H2,15,16,17,18). The van der Waals surface area contributed by atoms with Crippen LogP contribution in [0.15, 0.2) is 24.4 Å². The molecule has 18 heavy (non-hydrogen) atoms. The molecule has 2 aromatic rings. The number of halogens is 1. The van der Waals surface area contributed by atoms with Gasteiger partial charge in [0.05, 0.1) is 6.20 Å². The highest BCUT2D eigenvalue weighted by Crippen LogP contribution is 2.18. The second-order valence-electron chi connectivity index (χ2n) is 4.04. The molecule has 0 fully saturated rings. The first kappa shape index (κ1) is 12.6. The van der Waals surface area contributed by atoms with Gasteiger partial charge in [-0.15, -0.1) is 0 Å². The van der Waals surface area contributed by atoms with E-state index in [1.54, 1.807) is 18.3 Å². The van der Waals surface area contributed by atoms with Crippen LogP contribution in [0, 0.1) is 6.92 Å². The average Bonchev–Trinajstić information content (AvgIpc) is 2.79. The number of amides is 1. The fourth-order valence-corrected chi connectivity index (χ4v) is 1.88. The van der Waals surface area contributed by atoms with Crippen LogP contribution >= 0.6 is 11.6 Å². The van der Waals surface area contributed by atoms with E-state index >= 15 is 0 Å². The number of aromatic nitrogens is 2. The Kier molecular flexibility index (Phi) is 3.67. The van der Waals surface area contributed by atoms with Crippen molar-refractivity contribution in [2.45, 2.75) is 20.3 Å². The molecule has 5 heteroatoms. The zero-order valence-corrected chi connectivity index (χ0v) is 11.0. The van der Waals surface area contributed by atoms with Gasteiger partial charge in [0.2, 0.25) is 0 Å². The summed E-state index contributed by atoms with van der Waals surface area (Å²) in [4.78, 5) is 12.1. The number of rotatable bonds is 3. The molecule has 1 heterocycles. The maximum Gasteiger partial charge on any atom is 0.257 e. The number of anilines is 1. The third-order valence-electron chi connectivity index (χ3n) is 2.78. The number of benzene rings is 1. The number of carbonyl (C=O) groups excluding carboxylic acids is 1. The van der Waals surface area contributed by atoms with Crippen molar-refractivity contribution in [1.82, 2.24) is 10.2 Å². The molecule has 0 spiro atoms. The van der Waals surface area contributed by atoms with Gasteiger partial charge in [0.1, 0.15) is 5.82 Å². The van der Waals surface area contributed by atoms with E-state index in [2.05, 4.69) is 15.5 Å². The number of nitrogens with one attached hydrogen (secondary N) is 2. The molecule has 1 aromatic carbocycles. The molecule has 94 valence electrons. The predicted molar refractivity (Wildman–Crippen MR) is 72.1 cm³/mol. The summed E-state index contributed by atoms with van der Waals surface area (Å²) >= 11 is 5.90. The summed E-state index contributed by atoms with van der Waals surface area (Å²) in [6.07, 6.45) is 2.51. The van der Waals surface area contributed by atoms with Crippen molar-refractivity contribution in [3.05, 3.63) is 46.1 Å². The van der Waals surface area contributed by atoms with Gasteiger partial charge < -0.3 is 5.32 Å². The molecule has 0 saturated carbocycles. The van der Waals surface area contributed by atoms with Crippen LogP contribution in [0.3, 0.4) is 0 Å². The maximum absolute atomic E-state index is 12.1. The summed E-state index contributed by atoms with van der Waals surface area (Å²) in [6, 6.07) is 5.25. The summed E-state index contributed by atoms with van der Waals surface area (Å²) in [7, 11) is 0. The van der Waals surface area contributed by atoms with Crippen LogP contribution in [0.2, 0.25) is 5.02 Å². The summed E-state index contributed by atoms with van der Waals surface area (Å²) < 4.78 is 0. The Hall–Kier alpha value is -1.81. The van der Waals surface area contributed by atoms with Gasteiger partial charge in [0, 0.05) is 16.1 Å². The Morgan fingerprint density at radius 3 is 3.00 bits per heavy atom. The highest BCUT2D eigenvalue weighted by Gasteiger charge is 2.12. The Morgan fingerprint density at radius 1 is 1.50 bits per heavy atom. The third-order valence-corrected chi connectivity index (χ3v) is 3.02. The van der Waals surface area contributed by atoms with E-state index in [0.29, 0.717) is 16.4 Å². The molecule has 2 rings (SSSR count). The largest absolute Gasteiger partial charge is 0.307 e. The van der Waals surface area contributed by atoms with Crippen LogP contribution in [0.5, 0.6) is 0 Å². The van der Waals surface area contributed by atoms with Crippen molar-refractivity contribution in [2.24, 2.45) is 0 Å². The molecule has 0 saturated heterocycles.